The Hall–Kier alpha value is -1.00. The van der Waals surface area contributed by atoms with Crippen molar-refractivity contribution in [3.05, 3.63) is 35.9 Å². The van der Waals surface area contributed by atoms with Crippen LogP contribution in [0.15, 0.2) is 30.3 Å². The summed E-state index contributed by atoms with van der Waals surface area (Å²) in [5, 5.41) is 0. The van der Waals surface area contributed by atoms with Crippen molar-refractivity contribution in [2.45, 2.75) is 19.4 Å². The Labute approximate surface area is 107 Å². The second-order valence-corrected chi connectivity index (χ2v) is 4.82. The fourth-order valence-corrected chi connectivity index (χ4v) is 2.30. The van der Waals surface area contributed by atoms with E-state index in [1.807, 2.05) is 18.2 Å². The Kier molecular flexibility index (Phi) is 6.74. The van der Waals surface area contributed by atoms with Crippen LogP contribution >= 0.6 is 11.8 Å². The van der Waals surface area contributed by atoms with E-state index in [0.717, 1.165) is 12.2 Å². The normalized spacial score (nSPS) is 12.1. The maximum absolute atomic E-state index is 11.2. The van der Waals surface area contributed by atoms with Crippen LogP contribution in [-0.4, -0.2) is 30.1 Å². The average Bonchev–Trinajstić information content (AvgIpc) is 2.36. The van der Waals surface area contributed by atoms with Crippen molar-refractivity contribution < 1.29 is 9.53 Å². The molecule has 0 saturated carbocycles. The van der Waals surface area contributed by atoms with E-state index in [1.165, 1.54) is 5.56 Å². The standard InChI is InChI=1S/C13H19NO2S/c1-2-16-13(15)12(14)10-17-9-8-11-6-4-3-5-7-11/h3-7,12H,2,8-10,14H2,1H3. The largest absolute Gasteiger partial charge is 0.465 e. The number of ether oxygens (including phenoxy) is 1. The first-order valence-electron chi connectivity index (χ1n) is 5.78. The van der Waals surface area contributed by atoms with Gasteiger partial charge in [-0.2, -0.15) is 11.8 Å². The molecule has 0 aliphatic heterocycles. The number of benzene rings is 1. The number of hydrogen-bond donors (Lipinski definition) is 1. The van der Waals surface area contributed by atoms with Crippen LogP contribution in [0.25, 0.3) is 0 Å². The molecule has 1 rings (SSSR count). The lowest BCUT2D eigenvalue weighted by Crippen LogP contribution is -2.34. The Morgan fingerprint density at radius 1 is 1.41 bits per heavy atom. The zero-order valence-electron chi connectivity index (χ0n) is 10.1. The summed E-state index contributed by atoms with van der Waals surface area (Å²) < 4.78 is 4.84. The number of carbonyl (C=O) groups excluding carboxylic acids is 1. The number of hydrogen-bond acceptors (Lipinski definition) is 4. The Balaban J connectivity index is 2.14. The third-order valence-corrected chi connectivity index (χ3v) is 3.35. The Morgan fingerprint density at radius 2 is 2.12 bits per heavy atom. The van der Waals surface area contributed by atoms with Crippen LogP contribution in [0.5, 0.6) is 0 Å². The fourth-order valence-electron chi connectivity index (χ4n) is 1.36. The lowest BCUT2D eigenvalue weighted by molar-refractivity contribution is -0.144. The van der Waals surface area contributed by atoms with E-state index in [4.69, 9.17) is 10.5 Å². The number of rotatable bonds is 7. The van der Waals surface area contributed by atoms with E-state index in [0.29, 0.717) is 12.4 Å². The smallest absolute Gasteiger partial charge is 0.323 e. The molecule has 0 radical (unpaired) electrons. The second kappa shape index (κ2) is 8.14. The van der Waals surface area contributed by atoms with Crippen molar-refractivity contribution in [3.63, 3.8) is 0 Å². The molecule has 0 bridgehead atoms. The number of nitrogens with two attached hydrogens (primary N) is 1. The molecule has 3 nitrogen and oxygen atoms in total. The van der Waals surface area contributed by atoms with Gasteiger partial charge in [0, 0.05) is 5.75 Å². The molecule has 0 spiro atoms. The van der Waals surface area contributed by atoms with Crippen molar-refractivity contribution in [1.29, 1.82) is 0 Å². The molecule has 1 unspecified atom stereocenters. The molecule has 0 heterocycles. The number of esters is 1. The summed E-state index contributed by atoms with van der Waals surface area (Å²) in [6.45, 7) is 2.17. The van der Waals surface area contributed by atoms with Gasteiger partial charge in [0.25, 0.3) is 0 Å². The van der Waals surface area contributed by atoms with Crippen LogP contribution in [0.1, 0.15) is 12.5 Å². The van der Waals surface area contributed by atoms with Gasteiger partial charge in [-0.3, -0.25) is 4.79 Å². The first-order chi connectivity index (χ1) is 8.24. The summed E-state index contributed by atoms with van der Waals surface area (Å²) in [4.78, 5) is 11.2. The SMILES string of the molecule is CCOC(=O)C(N)CSCCc1ccccc1. The minimum Gasteiger partial charge on any atom is -0.465 e. The van der Waals surface area contributed by atoms with Crippen LogP contribution < -0.4 is 5.73 Å². The van der Waals surface area contributed by atoms with Crippen LogP contribution in [0.4, 0.5) is 0 Å². The molecule has 1 aromatic rings. The molecule has 4 heteroatoms. The lowest BCUT2D eigenvalue weighted by atomic mass is 10.2. The fraction of sp³-hybridized carbons (Fsp3) is 0.462. The lowest BCUT2D eigenvalue weighted by Gasteiger charge is -2.09. The van der Waals surface area contributed by atoms with Crippen LogP contribution in [0.2, 0.25) is 0 Å². The summed E-state index contributed by atoms with van der Waals surface area (Å²) in [5.41, 5.74) is 7.00. The van der Waals surface area contributed by atoms with Gasteiger partial charge in [-0.15, -0.1) is 0 Å². The molecule has 0 amide bonds. The highest BCUT2D eigenvalue weighted by Gasteiger charge is 2.13. The molecule has 1 atom stereocenters. The van der Waals surface area contributed by atoms with Gasteiger partial charge >= 0.3 is 5.97 Å². The first kappa shape index (κ1) is 14.1. The highest BCUT2D eigenvalue weighted by molar-refractivity contribution is 7.99. The second-order valence-electron chi connectivity index (χ2n) is 3.67. The third kappa shape index (κ3) is 5.75. The summed E-state index contributed by atoms with van der Waals surface area (Å²) >= 11 is 1.68. The zero-order chi connectivity index (χ0) is 12.5. The van der Waals surface area contributed by atoms with Gasteiger partial charge in [0.05, 0.1) is 6.61 Å². The van der Waals surface area contributed by atoms with Crippen molar-refractivity contribution in [2.75, 3.05) is 18.1 Å². The molecule has 1 aromatic carbocycles. The van der Waals surface area contributed by atoms with Crippen molar-refractivity contribution in [1.82, 2.24) is 0 Å². The Bertz CT molecular complexity index is 329. The van der Waals surface area contributed by atoms with E-state index >= 15 is 0 Å². The monoisotopic (exact) mass is 253 g/mol. The molecule has 0 saturated heterocycles. The maximum atomic E-state index is 11.2. The van der Waals surface area contributed by atoms with Crippen molar-refractivity contribution >= 4 is 17.7 Å². The van der Waals surface area contributed by atoms with Gasteiger partial charge in [-0.25, -0.2) is 0 Å². The predicted octanol–water partition coefficient (Wildman–Crippen LogP) is 1.85. The van der Waals surface area contributed by atoms with E-state index in [1.54, 1.807) is 18.7 Å². The average molecular weight is 253 g/mol. The van der Waals surface area contributed by atoms with Gasteiger partial charge in [-0.1, -0.05) is 30.3 Å². The van der Waals surface area contributed by atoms with Crippen LogP contribution in [0, 0.1) is 0 Å². The first-order valence-corrected chi connectivity index (χ1v) is 6.93. The molecule has 0 aliphatic carbocycles. The van der Waals surface area contributed by atoms with Gasteiger partial charge in [0.1, 0.15) is 6.04 Å². The van der Waals surface area contributed by atoms with E-state index < -0.39 is 6.04 Å². The van der Waals surface area contributed by atoms with Gasteiger partial charge < -0.3 is 10.5 Å². The molecule has 0 aromatic heterocycles. The molecule has 17 heavy (non-hydrogen) atoms. The highest BCUT2D eigenvalue weighted by Crippen LogP contribution is 2.08. The van der Waals surface area contributed by atoms with Crippen LogP contribution in [0.3, 0.4) is 0 Å². The zero-order valence-corrected chi connectivity index (χ0v) is 10.9. The molecule has 2 N–H and O–H groups in total. The molecule has 0 fully saturated rings. The summed E-state index contributed by atoms with van der Waals surface area (Å²) in [6.07, 6.45) is 1.00. The van der Waals surface area contributed by atoms with Gasteiger partial charge in [0.15, 0.2) is 0 Å². The summed E-state index contributed by atoms with van der Waals surface area (Å²) in [6, 6.07) is 9.77. The molecular weight excluding hydrogens is 234 g/mol. The van der Waals surface area contributed by atoms with E-state index in [9.17, 15) is 4.79 Å². The van der Waals surface area contributed by atoms with Gasteiger partial charge in [-0.05, 0) is 24.7 Å². The van der Waals surface area contributed by atoms with E-state index in [2.05, 4.69) is 12.1 Å². The number of thioether (sulfide) groups is 1. The minimum atomic E-state index is -0.504. The third-order valence-electron chi connectivity index (χ3n) is 2.26. The van der Waals surface area contributed by atoms with Crippen molar-refractivity contribution in [2.24, 2.45) is 5.73 Å². The molecular formula is C13H19NO2S. The van der Waals surface area contributed by atoms with Crippen LogP contribution in [-0.2, 0) is 16.0 Å². The number of carbonyl (C=O) groups is 1. The topological polar surface area (TPSA) is 52.3 Å². The summed E-state index contributed by atoms with van der Waals surface area (Å²) in [5.74, 6) is 1.28. The quantitative estimate of drug-likeness (QED) is 0.595. The van der Waals surface area contributed by atoms with Gasteiger partial charge in [0.2, 0.25) is 0 Å². The predicted molar refractivity (Wildman–Crippen MR) is 72.1 cm³/mol. The molecule has 94 valence electrons. The highest BCUT2D eigenvalue weighted by atomic mass is 32.2. The summed E-state index contributed by atoms with van der Waals surface area (Å²) in [7, 11) is 0. The molecule has 0 aliphatic rings. The van der Waals surface area contributed by atoms with Crippen molar-refractivity contribution in [3.8, 4) is 0 Å². The van der Waals surface area contributed by atoms with E-state index in [-0.39, 0.29) is 5.97 Å². The Morgan fingerprint density at radius 3 is 2.76 bits per heavy atom. The maximum Gasteiger partial charge on any atom is 0.323 e. The number of aryl methyl sites for hydroxylation is 1. The minimum absolute atomic E-state index is 0.306.